The minimum absolute atomic E-state index is 0.0281. The first kappa shape index (κ1) is 24.0. The molecule has 0 spiro atoms. The van der Waals surface area contributed by atoms with Crippen molar-refractivity contribution in [1.82, 2.24) is 9.97 Å². The normalized spacial score (nSPS) is 12.1. The molecule has 0 radical (unpaired) electrons. The number of halogens is 6. The van der Waals surface area contributed by atoms with Gasteiger partial charge in [0.25, 0.3) is 5.91 Å². The highest BCUT2D eigenvalue weighted by Crippen LogP contribution is 2.37. The quantitative estimate of drug-likeness (QED) is 0.322. The van der Waals surface area contributed by atoms with Crippen LogP contribution in [-0.2, 0) is 12.4 Å². The van der Waals surface area contributed by atoms with Crippen LogP contribution in [0.4, 0.5) is 38.0 Å². The van der Waals surface area contributed by atoms with E-state index in [-0.39, 0.29) is 17.7 Å². The van der Waals surface area contributed by atoms with Crippen LogP contribution in [0.5, 0.6) is 0 Å². The summed E-state index contributed by atoms with van der Waals surface area (Å²) >= 11 is 0. The lowest BCUT2D eigenvalue weighted by Gasteiger charge is -2.16. The van der Waals surface area contributed by atoms with E-state index >= 15 is 0 Å². The minimum atomic E-state index is -5.06. The van der Waals surface area contributed by atoms with Crippen molar-refractivity contribution in [1.29, 1.82) is 0 Å². The Kier molecular flexibility index (Phi) is 5.87. The number of amides is 1. The zero-order chi connectivity index (χ0) is 25.5. The van der Waals surface area contributed by atoms with Crippen LogP contribution in [0.2, 0.25) is 0 Å². The first-order chi connectivity index (χ1) is 16.3. The van der Waals surface area contributed by atoms with E-state index in [1.165, 1.54) is 6.07 Å². The van der Waals surface area contributed by atoms with Gasteiger partial charge < -0.3 is 11.1 Å². The minimum Gasteiger partial charge on any atom is -0.368 e. The molecule has 0 saturated carbocycles. The average Bonchev–Trinajstić information content (AvgIpc) is 2.78. The third-order valence-corrected chi connectivity index (χ3v) is 5.34. The molecule has 35 heavy (non-hydrogen) atoms. The maximum atomic E-state index is 13.1. The summed E-state index contributed by atoms with van der Waals surface area (Å²) in [6.07, 6.45) is -8.57. The van der Waals surface area contributed by atoms with E-state index in [4.69, 9.17) is 5.73 Å². The van der Waals surface area contributed by atoms with Crippen LogP contribution in [-0.4, -0.2) is 15.9 Å². The molecule has 4 rings (SSSR count). The number of rotatable bonds is 3. The van der Waals surface area contributed by atoms with Gasteiger partial charge in [0.05, 0.1) is 16.6 Å². The van der Waals surface area contributed by atoms with Gasteiger partial charge in [0, 0.05) is 22.8 Å². The predicted octanol–water partition coefficient (Wildman–Crippen LogP) is 6.48. The fourth-order valence-electron chi connectivity index (χ4n) is 3.58. The molecule has 4 aromatic rings. The van der Waals surface area contributed by atoms with Crippen LogP contribution in [0, 0.1) is 6.92 Å². The molecule has 11 heteroatoms. The highest BCUT2D eigenvalue weighted by Gasteiger charge is 2.37. The second-order valence-electron chi connectivity index (χ2n) is 7.73. The van der Waals surface area contributed by atoms with Gasteiger partial charge in [-0.25, -0.2) is 9.97 Å². The fraction of sp³-hybridized carbons (Fsp3) is 0.125. The number of hydrogen-bond acceptors (Lipinski definition) is 4. The Labute approximate surface area is 194 Å². The lowest BCUT2D eigenvalue weighted by molar-refractivity contribution is -0.143. The molecule has 0 bridgehead atoms. The number of benzene rings is 3. The molecule has 0 saturated heterocycles. The van der Waals surface area contributed by atoms with Crippen molar-refractivity contribution < 1.29 is 31.1 Å². The van der Waals surface area contributed by atoms with Gasteiger partial charge in [0.15, 0.2) is 0 Å². The molecular weight excluding hydrogens is 474 g/mol. The Balaban J connectivity index is 1.70. The average molecular weight is 490 g/mol. The lowest BCUT2D eigenvalue weighted by atomic mass is 9.97. The summed E-state index contributed by atoms with van der Waals surface area (Å²) in [6, 6.07) is 10.9. The summed E-state index contributed by atoms with van der Waals surface area (Å²) in [5, 5.41) is 3.13. The largest absolute Gasteiger partial charge is 0.416 e. The zero-order valence-electron chi connectivity index (χ0n) is 17.9. The number of nitrogens with two attached hydrogens (primary N) is 1. The van der Waals surface area contributed by atoms with E-state index in [9.17, 15) is 31.1 Å². The van der Waals surface area contributed by atoms with E-state index in [0.717, 1.165) is 5.56 Å². The monoisotopic (exact) mass is 490 g/mol. The van der Waals surface area contributed by atoms with Crippen molar-refractivity contribution in [3.63, 3.8) is 0 Å². The van der Waals surface area contributed by atoms with E-state index in [1.54, 1.807) is 43.5 Å². The van der Waals surface area contributed by atoms with Crippen LogP contribution in [0.3, 0.4) is 0 Å². The SMILES string of the molecule is Cc1c(NC(=O)c2cc(C(F)(F)F)cc(C(F)(F)F)c2)cccc1-c1ccc2nc(N)ncc2c1. The molecule has 5 nitrogen and oxygen atoms in total. The van der Waals surface area contributed by atoms with Crippen molar-refractivity contribution in [2.24, 2.45) is 0 Å². The molecule has 3 aromatic carbocycles. The third kappa shape index (κ3) is 5.03. The summed E-state index contributed by atoms with van der Waals surface area (Å²) in [6.45, 7) is 1.67. The number of nitrogens with one attached hydrogen (secondary N) is 1. The number of hydrogen-bond donors (Lipinski definition) is 2. The number of alkyl halides is 6. The summed E-state index contributed by atoms with van der Waals surface area (Å²) in [4.78, 5) is 20.8. The van der Waals surface area contributed by atoms with Gasteiger partial charge in [-0.2, -0.15) is 26.3 Å². The van der Waals surface area contributed by atoms with Crippen molar-refractivity contribution >= 4 is 28.4 Å². The molecular formula is C24H16F6N4O. The Hall–Kier alpha value is -4.15. The highest BCUT2D eigenvalue weighted by atomic mass is 19.4. The Morgan fingerprint density at radius 2 is 1.57 bits per heavy atom. The van der Waals surface area contributed by atoms with Gasteiger partial charge in [-0.3, -0.25) is 4.79 Å². The Morgan fingerprint density at radius 1 is 0.914 bits per heavy atom. The molecule has 1 heterocycles. The maximum Gasteiger partial charge on any atom is 0.416 e. The van der Waals surface area contributed by atoms with Crippen molar-refractivity contribution in [3.05, 3.63) is 83.0 Å². The van der Waals surface area contributed by atoms with E-state index in [2.05, 4.69) is 15.3 Å². The van der Waals surface area contributed by atoms with Gasteiger partial charge in [-0.05, 0) is 60.0 Å². The number of anilines is 2. The maximum absolute atomic E-state index is 13.1. The molecule has 0 aliphatic carbocycles. The highest BCUT2D eigenvalue weighted by molar-refractivity contribution is 6.05. The van der Waals surface area contributed by atoms with Gasteiger partial charge >= 0.3 is 12.4 Å². The number of aromatic nitrogens is 2. The fourth-order valence-corrected chi connectivity index (χ4v) is 3.58. The summed E-state index contributed by atoms with van der Waals surface area (Å²) in [5.74, 6) is -0.987. The molecule has 1 aromatic heterocycles. The third-order valence-electron chi connectivity index (χ3n) is 5.34. The zero-order valence-corrected chi connectivity index (χ0v) is 17.9. The van der Waals surface area contributed by atoms with Crippen molar-refractivity contribution in [3.8, 4) is 11.1 Å². The number of fused-ring (bicyclic) bond motifs is 1. The second-order valence-corrected chi connectivity index (χ2v) is 7.73. The predicted molar refractivity (Wildman–Crippen MR) is 119 cm³/mol. The number of carbonyl (C=O) groups excluding carboxylic acids is 1. The molecule has 0 aliphatic heterocycles. The number of nitrogen functional groups attached to an aromatic ring is 1. The van der Waals surface area contributed by atoms with Crippen molar-refractivity contribution in [2.75, 3.05) is 11.1 Å². The Bertz CT molecular complexity index is 1410. The molecule has 1 amide bonds. The van der Waals surface area contributed by atoms with Crippen LogP contribution < -0.4 is 11.1 Å². The van der Waals surface area contributed by atoms with E-state index in [0.29, 0.717) is 34.2 Å². The molecule has 0 unspecified atom stereocenters. The molecule has 180 valence electrons. The van der Waals surface area contributed by atoms with Crippen LogP contribution in [0.25, 0.3) is 22.0 Å². The van der Waals surface area contributed by atoms with Gasteiger partial charge in [0.2, 0.25) is 5.95 Å². The van der Waals surface area contributed by atoms with Crippen LogP contribution >= 0.6 is 0 Å². The Morgan fingerprint density at radius 3 is 2.20 bits per heavy atom. The number of carbonyl (C=O) groups is 1. The topological polar surface area (TPSA) is 80.9 Å². The van der Waals surface area contributed by atoms with Gasteiger partial charge in [-0.15, -0.1) is 0 Å². The molecule has 3 N–H and O–H groups in total. The summed E-state index contributed by atoms with van der Waals surface area (Å²) < 4.78 is 78.9. The van der Waals surface area contributed by atoms with Crippen molar-refractivity contribution in [2.45, 2.75) is 19.3 Å². The first-order valence-corrected chi connectivity index (χ1v) is 10.1. The number of nitrogens with zero attached hydrogens (tertiary/aromatic N) is 2. The standard InChI is InChI=1S/C24H16F6N4O/c1-12-18(13-5-6-20-15(7-13)11-32-22(31)34-20)3-2-4-19(12)33-21(35)14-8-16(23(25,26)27)10-17(9-14)24(28,29)30/h2-11H,1H3,(H,33,35)(H2,31,32,34). The molecule has 0 fully saturated rings. The molecule has 0 aliphatic rings. The molecule has 0 atom stereocenters. The van der Waals surface area contributed by atoms with E-state index in [1.807, 2.05) is 0 Å². The second kappa shape index (κ2) is 8.57. The lowest BCUT2D eigenvalue weighted by Crippen LogP contribution is -2.17. The van der Waals surface area contributed by atoms with E-state index < -0.39 is 35.0 Å². The van der Waals surface area contributed by atoms with Gasteiger partial charge in [0.1, 0.15) is 0 Å². The first-order valence-electron chi connectivity index (χ1n) is 10.1. The summed E-state index contributed by atoms with van der Waals surface area (Å²) in [5.41, 5.74) is 4.51. The van der Waals surface area contributed by atoms with Gasteiger partial charge in [-0.1, -0.05) is 18.2 Å². The smallest absolute Gasteiger partial charge is 0.368 e. The summed E-state index contributed by atoms with van der Waals surface area (Å²) in [7, 11) is 0. The van der Waals surface area contributed by atoms with Crippen LogP contribution in [0.15, 0.2) is 60.8 Å². The van der Waals surface area contributed by atoms with Crippen LogP contribution in [0.1, 0.15) is 27.0 Å².